The van der Waals surface area contributed by atoms with Crippen molar-refractivity contribution in [2.24, 2.45) is 0 Å². The standard InChI is InChI=1S/C13H19ClO3P/c1-13(2,3)18(15)16-8-7-12(17-18)10-5-4-6-11(14)9-10/h4-6,9,12,14H,7-8H2,1-3H3/q+1/t12-,18?/m1/s1. The molecule has 1 fully saturated rings. The van der Waals surface area contributed by atoms with Crippen LogP contribution >= 0.6 is 7.60 Å². The summed E-state index contributed by atoms with van der Waals surface area (Å²) in [7, 11) is -3.07. The van der Waals surface area contributed by atoms with Gasteiger partial charge in [-0.2, -0.15) is 0 Å². The fourth-order valence-electron chi connectivity index (χ4n) is 1.82. The molecule has 0 bridgehead atoms. The SMILES string of the molecule is CC(C)(C)P1(=O)OCC[C@H](c2cccc([ClH+])c2)O1. The molecule has 2 atom stereocenters. The van der Waals surface area contributed by atoms with E-state index in [1.54, 1.807) is 0 Å². The van der Waals surface area contributed by atoms with Crippen molar-refractivity contribution in [2.75, 3.05) is 6.61 Å². The van der Waals surface area contributed by atoms with Crippen molar-refractivity contribution < 1.29 is 25.2 Å². The quantitative estimate of drug-likeness (QED) is 0.737. The largest absolute Gasteiger partial charge is 0.336 e. The van der Waals surface area contributed by atoms with E-state index in [-0.39, 0.29) is 6.10 Å². The first-order chi connectivity index (χ1) is 8.32. The van der Waals surface area contributed by atoms with E-state index >= 15 is 0 Å². The summed E-state index contributed by atoms with van der Waals surface area (Å²) >= 11 is 5.14. The first-order valence-electron chi connectivity index (χ1n) is 6.02. The third kappa shape index (κ3) is 2.80. The van der Waals surface area contributed by atoms with Gasteiger partial charge in [0.2, 0.25) is 5.02 Å². The Bertz CT molecular complexity index is 481. The van der Waals surface area contributed by atoms with E-state index in [0.717, 1.165) is 10.6 Å². The average Bonchev–Trinajstić information content (AvgIpc) is 2.27. The van der Waals surface area contributed by atoms with Gasteiger partial charge >= 0.3 is 7.60 Å². The molecule has 5 heteroatoms. The Morgan fingerprint density at radius 1 is 1.39 bits per heavy atom. The smallest absolute Gasteiger partial charge is 0.308 e. The molecule has 18 heavy (non-hydrogen) atoms. The minimum Gasteiger partial charge on any atom is -0.308 e. The van der Waals surface area contributed by atoms with Crippen molar-refractivity contribution in [2.45, 2.75) is 38.5 Å². The van der Waals surface area contributed by atoms with Gasteiger partial charge in [0.1, 0.15) is 0 Å². The zero-order valence-corrected chi connectivity index (χ0v) is 12.6. The van der Waals surface area contributed by atoms with Gasteiger partial charge in [0.05, 0.1) is 17.9 Å². The molecule has 0 N–H and O–H groups in total. The van der Waals surface area contributed by atoms with Crippen LogP contribution in [0.15, 0.2) is 24.3 Å². The topological polar surface area (TPSA) is 35.5 Å². The molecule has 0 amide bonds. The van der Waals surface area contributed by atoms with Gasteiger partial charge in [0, 0.05) is 18.6 Å². The molecule has 0 spiro atoms. The Kier molecular flexibility index (Phi) is 3.89. The van der Waals surface area contributed by atoms with Crippen LogP contribution in [0.4, 0.5) is 0 Å². The van der Waals surface area contributed by atoms with Crippen LogP contribution in [-0.2, 0) is 13.6 Å². The van der Waals surface area contributed by atoms with E-state index in [0.29, 0.717) is 13.0 Å². The predicted molar refractivity (Wildman–Crippen MR) is 68.7 cm³/mol. The maximum Gasteiger partial charge on any atom is 0.336 e. The van der Waals surface area contributed by atoms with Crippen molar-refractivity contribution in [3.05, 3.63) is 34.9 Å². The van der Waals surface area contributed by atoms with Gasteiger partial charge in [-0.1, -0.05) is 12.1 Å². The van der Waals surface area contributed by atoms with Crippen LogP contribution in [-0.4, -0.2) is 11.8 Å². The van der Waals surface area contributed by atoms with Crippen molar-refractivity contribution in [1.29, 1.82) is 0 Å². The van der Waals surface area contributed by atoms with Gasteiger partial charge in [-0.3, -0.25) is 9.09 Å². The number of hydrogen-bond acceptors (Lipinski definition) is 3. The minimum absolute atomic E-state index is 0.188. The number of halogens is 1. The van der Waals surface area contributed by atoms with Crippen LogP contribution in [0.2, 0.25) is 5.02 Å². The van der Waals surface area contributed by atoms with E-state index in [1.807, 2.05) is 45.0 Å². The molecule has 0 aliphatic carbocycles. The highest BCUT2D eigenvalue weighted by Gasteiger charge is 2.44. The maximum atomic E-state index is 12.7. The molecular formula is C13H19ClO3P+. The van der Waals surface area contributed by atoms with Crippen molar-refractivity contribution in [3.8, 4) is 0 Å². The summed E-state index contributed by atoms with van der Waals surface area (Å²) in [5.41, 5.74) is 0.982. The highest BCUT2D eigenvalue weighted by molar-refractivity contribution is 7.55. The third-order valence-electron chi connectivity index (χ3n) is 2.96. The van der Waals surface area contributed by atoms with Crippen LogP contribution in [0.25, 0.3) is 0 Å². The fourth-order valence-corrected chi connectivity index (χ4v) is 3.71. The van der Waals surface area contributed by atoms with E-state index in [1.165, 1.54) is 0 Å². The Hall–Kier alpha value is -0.340. The van der Waals surface area contributed by atoms with Crippen molar-refractivity contribution in [3.63, 3.8) is 0 Å². The summed E-state index contributed by atoms with van der Waals surface area (Å²) in [6.07, 6.45) is 0.519. The second-order valence-corrected chi connectivity index (χ2v) is 8.73. The molecule has 1 aromatic carbocycles. The molecule has 1 heterocycles. The summed E-state index contributed by atoms with van der Waals surface area (Å²) < 4.78 is 23.8. The van der Waals surface area contributed by atoms with Crippen molar-refractivity contribution in [1.82, 2.24) is 0 Å². The Morgan fingerprint density at radius 3 is 2.72 bits per heavy atom. The lowest BCUT2D eigenvalue weighted by Crippen LogP contribution is -2.25. The summed E-state index contributed by atoms with van der Waals surface area (Å²) in [4.78, 5) is 0. The second kappa shape index (κ2) is 4.97. The predicted octanol–water partition coefficient (Wildman–Crippen LogP) is 3.85. The summed E-state index contributed by atoms with van der Waals surface area (Å²) in [5.74, 6) is 0. The van der Waals surface area contributed by atoms with Gasteiger partial charge in [-0.05, 0) is 26.3 Å². The first-order valence-corrected chi connectivity index (χ1v) is 7.97. The molecule has 0 saturated carbocycles. The van der Waals surface area contributed by atoms with E-state index in [4.69, 9.17) is 20.6 Å². The number of benzene rings is 1. The Balaban J connectivity index is 2.25. The van der Waals surface area contributed by atoms with Crippen LogP contribution in [0.3, 0.4) is 0 Å². The monoisotopic (exact) mass is 289 g/mol. The molecule has 1 unspecified atom stereocenters. The number of hydrogen-bond donors (Lipinski definition) is 0. The molecule has 2 rings (SSSR count). The molecule has 0 radical (unpaired) electrons. The van der Waals surface area contributed by atoms with Crippen LogP contribution in [0, 0.1) is 11.6 Å². The van der Waals surface area contributed by atoms with Crippen molar-refractivity contribution >= 4 is 7.60 Å². The molecule has 3 nitrogen and oxygen atoms in total. The highest BCUT2D eigenvalue weighted by Crippen LogP contribution is 2.64. The average molecular weight is 290 g/mol. The molecule has 1 saturated heterocycles. The fraction of sp³-hybridized carbons (Fsp3) is 0.538. The molecule has 1 aliphatic rings. The minimum atomic E-state index is -3.07. The van der Waals surface area contributed by atoms with Crippen LogP contribution in [0.5, 0.6) is 0 Å². The number of rotatable bonds is 1. The van der Waals surface area contributed by atoms with E-state index < -0.39 is 12.8 Å². The zero-order valence-electron chi connectivity index (χ0n) is 10.9. The molecular weight excluding hydrogens is 271 g/mol. The van der Waals surface area contributed by atoms with Gasteiger partial charge < -0.3 is 4.52 Å². The Labute approximate surface area is 113 Å². The lowest BCUT2D eigenvalue weighted by molar-refractivity contribution is -0.289. The summed E-state index contributed by atoms with van der Waals surface area (Å²) in [6.45, 7) is 6.08. The molecule has 100 valence electrons. The van der Waals surface area contributed by atoms with Gasteiger partial charge in [-0.25, -0.2) is 0 Å². The first kappa shape index (κ1) is 14.1. The molecule has 1 aromatic rings. The highest BCUT2D eigenvalue weighted by atomic mass is 35.5. The Morgan fingerprint density at radius 2 is 2.11 bits per heavy atom. The van der Waals surface area contributed by atoms with Crippen LogP contribution < -0.4 is 0 Å². The second-order valence-electron chi connectivity index (χ2n) is 5.46. The molecule has 1 aliphatic heterocycles. The van der Waals surface area contributed by atoms with Crippen LogP contribution in [0.1, 0.15) is 38.9 Å². The van der Waals surface area contributed by atoms with E-state index in [2.05, 4.69) is 0 Å². The molecule has 0 aromatic heterocycles. The lowest BCUT2D eigenvalue weighted by Gasteiger charge is -2.36. The summed E-state index contributed by atoms with van der Waals surface area (Å²) in [5, 5.41) is 0.269. The lowest BCUT2D eigenvalue weighted by atomic mass is 10.1. The van der Waals surface area contributed by atoms with Gasteiger partial charge in [0.25, 0.3) is 0 Å². The normalized spacial score (nSPS) is 29.2. The van der Waals surface area contributed by atoms with Gasteiger partial charge in [-0.15, -0.1) is 0 Å². The van der Waals surface area contributed by atoms with Gasteiger partial charge in [0.15, 0.2) is 11.6 Å². The van der Waals surface area contributed by atoms with E-state index in [9.17, 15) is 4.57 Å². The zero-order chi connectivity index (χ0) is 13.4. The maximum absolute atomic E-state index is 12.7. The third-order valence-corrected chi connectivity index (χ3v) is 5.91. The summed E-state index contributed by atoms with van der Waals surface area (Å²) in [6, 6.07) is 7.62.